The van der Waals surface area contributed by atoms with Gasteiger partial charge in [0.05, 0.1) is 50.8 Å². The van der Waals surface area contributed by atoms with Gasteiger partial charge in [-0.15, -0.1) is 0 Å². The van der Waals surface area contributed by atoms with Gasteiger partial charge in [-0.05, 0) is 11.6 Å². The average molecular weight is 490 g/mol. The van der Waals surface area contributed by atoms with Gasteiger partial charge >= 0.3 is 0 Å². The Balaban J connectivity index is 1.23. The number of benzene rings is 1. The minimum atomic E-state index is -0.430. The predicted molar refractivity (Wildman–Crippen MR) is 133 cm³/mol. The first kappa shape index (κ1) is 23.8. The molecule has 1 saturated heterocycles. The highest BCUT2D eigenvalue weighted by Crippen LogP contribution is 2.14. The number of aryl methyl sites for hydroxylation is 1. The van der Waals surface area contributed by atoms with Crippen LogP contribution in [0, 0.1) is 5.92 Å². The van der Waals surface area contributed by atoms with Crippen molar-refractivity contribution in [2.24, 2.45) is 23.0 Å². The molecule has 0 bridgehead atoms. The van der Waals surface area contributed by atoms with Crippen LogP contribution in [0.1, 0.15) is 16.8 Å². The Kier molecular flexibility index (Phi) is 7.10. The molecular formula is C25H27N7O4. The summed E-state index contributed by atoms with van der Waals surface area (Å²) >= 11 is 0. The summed E-state index contributed by atoms with van der Waals surface area (Å²) in [4.78, 5) is 33.9. The van der Waals surface area contributed by atoms with Gasteiger partial charge in [0.1, 0.15) is 11.4 Å². The number of aliphatic imine (C=N–C) groups is 2. The van der Waals surface area contributed by atoms with Crippen LogP contribution in [0.5, 0.6) is 0 Å². The van der Waals surface area contributed by atoms with E-state index in [0.717, 1.165) is 16.8 Å². The molecule has 186 valence electrons. The number of rotatable bonds is 7. The summed E-state index contributed by atoms with van der Waals surface area (Å²) in [5, 5.41) is 11.5. The van der Waals surface area contributed by atoms with E-state index in [0.29, 0.717) is 50.9 Å². The monoisotopic (exact) mass is 489 g/mol. The van der Waals surface area contributed by atoms with E-state index in [4.69, 9.17) is 9.47 Å². The quantitative estimate of drug-likeness (QED) is 0.516. The van der Waals surface area contributed by atoms with Crippen molar-refractivity contribution in [3.05, 3.63) is 76.0 Å². The predicted octanol–water partition coefficient (Wildman–Crippen LogP) is 0.536. The van der Waals surface area contributed by atoms with Gasteiger partial charge in [0.25, 0.3) is 0 Å². The second-order valence-corrected chi connectivity index (χ2v) is 8.68. The summed E-state index contributed by atoms with van der Waals surface area (Å²) in [6.07, 6.45) is 7.02. The SMILES string of the molecule is Cn1cc(-n2ccc(=O)c(Cc3cccc(C4=NCC(C(=O)NCC5COCCO5)C=N4)c3)n2)cn1. The lowest BCUT2D eigenvalue weighted by Gasteiger charge is -2.24. The van der Waals surface area contributed by atoms with E-state index in [1.807, 2.05) is 37.5 Å². The molecule has 1 amide bonds. The third-order valence-electron chi connectivity index (χ3n) is 5.93. The van der Waals surface area contributed by atoms with Crippen LogP contribution in [-0.2, 0) is 27.7 Å². The van der Waals surface area contributed by atoms with E-state index >= 15 is 0 Å². The molecule has 2 aliphatic rings. The van der Waals surface area contributed by atoms with Crippen molar-refractivity contribution in [3.8, 4) is 5.69 Å². The summed E-state index contributed by atoms with van der Waals surface area (Å²) in [5.41, 5.74) is 2.80. The lowest BCUT2D eigenvalue weighted by Crippen LogP contribution is -2.43. The number of carbonyl (C=O) groups excluding carboxylic acids is 1. The van der Waals surface area contributed by atoms with Crippen LogP contribution in [0.2, 0.25) is 0 Å². The molecular weight excluding hydrogens is 462 g/mol. The highest BCUT2D eigenvalue weighted by Gasteiger charge is 2.22. The van der Waals surface area contributed by atoms with Crippen molar-refractivity contribution >= 4 is 18.0 Å². The van der Waals surface area contributed by atoms with E-state index in [2.05, 4.69) is 25.5 Å². The summed E-state index contributed by atoms with van der Waals surface area (Å²) in [7, 11) is 1.82. The molecule has 36 heavy (non-hydrogen) atoms. The number of hydrogen-bond acceptors (Lipinski definition) is 8. The van der Waals surface area contributed by atoms with E-state index in [9.17, 15) is 9.59 Å². The third kappa shape index (κ3) is 5.64. The van der Waals surface area contributed by atoms with Crippen molar-refractivity contribution in [1.29, 1.82) is 0 Å². The molecule has 1 N–H and O–H groups in total. The van der Waals surface area contributed by atoms with Gasteiger partial charge in [-0.3, -0.25) is 19.3 Å². The number of amidine groups is 1. The van der Waals surface area contributed by atoms with Gasteiger partial charge in [0, 0.05) is 44.1 Å². The Morgan fingerprint density at radius 1 is 1.25 bits per heavy atom. The maximum Gasteiger partial charge on any atom is 0.230 e. The summed E-state index contributed by atoms with van der Waals surface area (Å²) in [6.45, 7) is 2.32. The molecule has 2 unspecified atom stereocenters. The molecule has 1 aromatic carbocycles. The first-order chi connectivity index (χ1) is 17.5. The fourth-order valence-electron chi connectivity index (χ4n) is 4.00. The van der Waals surface area contributed by atoms with Gasteiger partial charge in [-0.25, -0.2) is 9.67 Å². The Morgan fingerprint density at radius 2 is 2.17 bits per heavy atom. The molecule has 0 saturated carbocycles. The molecule has 0 spiro atoms. The van der Waals surface area contributed by atoms with Crippen LogP contribution in [0.4, 0.5) is 0 Å². The van der Waals surface area contributed by atoms with E-state index in [1.165, 1.54) is 6.07 Å². The van der Waals surface area contributed by atoms with Crippen LogP contribution < -0.4 is 10.7 Å². The van der Waals surface area contributed by atoms with Crippen molar-refractivity contribution < 1.29 is 14.3 Å². The molecule has 11 nitrogen and oxygen atoms in total. The minimum Gasteiger partial charge on any atom is -0.376 e. The number of amides is 1. The van der Waals surface area contributed by atoms with Crippen molar-refractivity contribution in [1.82, 2.24) is 24.9 Å². The second kappa shape index (κ2) is 10.8. The zero-order valence-electron chi connectivity index (χ0n) is 19.9. The first-order valence-electron chi connectivity index (χ1n) is 11.8. The van der Waals surface area contributed by atoms with Gasteiger partial charge < -0.3 is 14.8 Å². The second-order valence-electron chi connectivity index (χ2n) is 8.68. The van der Waals surface area contributed by atoms with Crippen LogP contribution in [0.3, 0.4) is 0 Å². The normalized spacial score (nSPS) is 19.6. The van der Waals surface area contributed by atoms with Crippen molar-refractivity contribution in [2.75, 3.05) is 32.9 Å². The molecule has 2 aliphatic heterocycles. The molecule has 4 heterocycles. The fourth-order valence-corrected chi connectivity index (χ4v) is 4.00. The summed E-state index contributed by atoms with van der Waals surface area (Å²) in [6, 6.07) is 9.20. The molecule has 1 fully saturated rings. The minimum absolute atomic E-state index is 0.127. The highest BCUT2D eigenvalue weighted by atomic mass is 16.6. The fraction of sp³-hybridized carbons (Fsp3) is 0.360. The molecule has 11 heteroatoms. The third-order valence-corrected chi connectivity index (χ3v) is 5.93. The molecule has 0 aliphatic carbocycles. The van der Waals surface area contributed by atoms with Crippen LogP contribution in [0.15, 0.2) is 63.7 Å². The zero-order valence-corrected chi connectivity index (χ0v) is 19.9. The number of aromatic nitrogens is 4. The van der Waals surface area contributed by atoms with Crippen molar-refractivity contribution in [3.63, 3.8) is 0 Å². The Bertz CT molecular complexity index is 1350. The Morgan fingerprint density at radius 3 is 2.92 bits per heavy atom. The van der Waals surface area contributed by atoms with Crippen LogP contribution >= 0.6 is 0 Å². The average Bonchev–Trinajstić information content (AvgIpc) is 3.35. The van der Waals surface area contributed by atoms with Crippen LogP contribution in [0.25, 0.3) is 5.69 Å². The standard InChI is InChI=1S/C25H27N7O4/c1-31-15-20(13-29-31)32-6-5-23(33)22(30-32)10-17-3-2-4-18(9-17)24-26-11-19(12-27-24)25(34)28-14-21-16-35-7-8-36-21/h2-6,9,11,13,15,19,21H,7-8,10,12,14,16H2,1H3,(H,28,34). The maximum absolute atomic E-state index is 12.5. The number of ether oxygens (including phenoxy) is 2. The van der Waals surface area contributed by atoms with E-state index in [-0.39, 0.29) is 17.4 Å². The van der Waals surface area contributed by atoms with E-state index in [1.54, 1.807) is 28.0 Å². The molecule has 0 radical (unpaired) electrons. The van der Waals surface area contributed by atoms with Gasteiger partial charge in [-0.1, -0.05) is 18.2 Å². The Labute approximate surface area is 207 Å². The first-order valence-corrected chi connectivity index (χ1v) is 11.8. The topological polar surface area (TPSA) is 125 Å². The number of nitrogens with zero attached hydrogens (tertiary/aromatic N) is 6. The van der Waals surface area contributed by atoms with Gasteiger partial charge in [-0.2, -0.15) is 10.2 Å². The number of hydrogen-bond donors (Lipinski definition) is 1. The van der Waals surface area contributed by atoms with Crippen LogP contribution in [-0.4, -0.2) is 76.5 Å². The molecule has 2 aromatic heterocycles. The lowest BCUT2D eigenvalue weighted by molar-refractivity contribution is -0.125. The summed E-state index contributed by atoms with van der Waals surface area (Å²) < 4.78 is 14.2. The maximum atomic E-state index is 12.5. The largest absolute Gasteiger partial charge is 0.376 e. The highest BCUT2D eigenvalue weighted by molar-refractivity contribution is 6.07. The zero-order chi connectivity index (χ0) is 24.9. The van der Waals surface area contributed by atoms with Gasteiger partial charge in [0.15, 0.2) is 5.84 Å². The molecule has 2 atom stereocenters. The lowest BCUT2D eigenvalue weighted by atomic mass is 10.0. The van der Waals surface area contributed by atoms with Gasteiger partial charge in [0.2, 0.25) is 11.3 Å². The van der Waals surface area contributed by atoms with E-state index < -0.39 is 5.92 Å². The Hall–Kier alpha value is -3.96. The number of nitrogens with one attached hydrogen (secondary N) is 1. The smallest absolute Gasteiger partial charge is 0.230 e. The number of carbonyl (C=O) groups is 1. The molecule has 3 aromatic rings. The molecule has 5 rings (SSSR count). The summed E-state index contributed by atoms with van der Waals surface area (Å²) in [5.74, 6) is -0.0101. The van der Waals surface area contributed by atoms with Crippen molar-refractivity contribution in [2.45, 2.75) is 12.5 Å².